The number of benzene rings is 1. The summed E-state index contributed by atoms with van der Waals surface area (Å²) in [5.41, 5.74) is 4.55. The lowest BCUT2D eigenvalue weighted by Crippen LogP contribution is -2.39. The van der Waals surface area contributed by atoms with Crippen LogP contribution in [-0.4, -0.2) is 31.9 Å². The summed E-state index contributed by atoms with van der Waals surface area (Å²) in [6.45, 7) is 6.35. The summed E-state index contributed by atoms with van der Waals surface area (Å²) in [6, 6.07) is 9.47. The molecule has 1 aliphatic rings. The molecule has 3 aromatic rings. The Morgan fingerprint density at radius 3 is 2.74 bits per heavy atom. The molecule has 6 heteroatoms. The lowest BCUT2D eigenvalue weighted by atomic mass is 9.97. The van der Waals surface area contributed by atoms with Crippen LogP contribution in [0.2, 0.25) is 0 Å². The largest absolute Gasteiger partial charge is 0.343 e. The minimum absolute atomic E-state index is 0.0357. The van der Waals surface area contributed by atoms with E-state index < -0.39 is 0 Å². The third kappa shape index (κ3) is 2.95. The summed E-state index contributed by atoms with van der Waals surface area (Å²) in [6.07, 6.45) is 2.88. The van der Waals surface area contributed by atoms with Gasteiger partial charge < -0.3 is 9.88 Å². The normalized spacial score (nSPS) is 17.4. The number of H-pyrrole nitrogens is 1. The standard InChI is InChI=1S/C21H24N4O2/c1-13-8-4-5-9-16(13)21(27)24-11-7-6-10-18(24)17-12-19-22-15(3)14(2)20(26)25(19)23-17/h4-5,8-9,12,18,22H,6-7,10-11H2,1-3H3/t18-/m1/s1. The van der Waals surface area contributed by atoms with Crippen LogP contribution < -0.4 is 5.56 Å². The lowest BCUT2D eigenvalue weighted by molar-refractivity contribution is 0.0605. The second kappa shape index (κ2) is 6.68. The van der Waals surface area contributed by atoms with Crippen LogP contribution in [0.15, 0.2) is 35.1 Å². The maximum atomic E-state index is 13.2. The molecule has 0 bridgehead atoms. The van der Waals surface area contributed by atoms with Crippen molar-refractivity contribution in [2.24, 2.45) is 0 Å². The van der Waals surface area contributed by atoms with Crippen LogP contribution in [0.1, 0.15) is 58.2 Å². The molecule has 1 aliphatic heterocycles. The summed E-state index contributed by atoms with van der Waals surface area (Å²) in [4.78, 5) is 30.9. The lowest BCUT2D eigenvalue weighted by Gasteiger charge is -2.35. The second-order valence-corrected chi connectivity index (χ2v) is 7.37. The first-order valence-electron chi connectivity index (χ1n) is 9.43. The number of carbonyl (C=O) groups is 1. The fraction of sp³-hybridized carbons (Fsp3) is 0.381. The number of aryl methyl sites for hydroxylation is 2. The number of piperidine rings is 1. The van der Waals surface area contributed by atoms with Gasteiger partial charge >= 0.3 is 0 Å². The van der Waals surface area contributed by atoms with E-state index in [1.54, 1.807) is 6.92 Å². The van der Waals surface area contributed by atoms with Gasteiger partial charge in [0.25, 0.3) is 11.5 Å². The SMILES string of the molecule is Cc1ccccc1C(=O)N1CCCC[C@@H]1c1cc2[nH]c(C)c(C)c(=O)n2n1. The Kier molecular flexibility index (Phi) is 4.34. The summed E-state index contributed by atoms with van der Waals surface area (Å²) >= 11 is 0. The van der Waals surface area contributed by atoms with Gasteiger partial charge in [-0.1, -0.05) is 18.2 Å². The van der Waals surface area contributed by atoms with Crippen LogP contribution in [0.5, 0.6) is 0 Å². The molecule has 27 heavy (non-hydrogen) atoms. The smallest absolute Gasteiger partial charge is 0.277 e. The van der Waals surface area contributed by atoms with E-state index in [2.05, 4.69) is 10.1 Å². The van der Waals surface area contributed by atoms with E-state index in [1.807, 2.05) is 49.1 Å². The van der Waals surface area contributed by atoms with E-state index in [0.717, 1.165) is 41.8 Å². The Morgan fingerprint density at radius 2 is 1.96 bits per heavy atom. The van der Waals surface area contributed by atoms with E-state index in [-0.39, 0.29) is 17.5 Å². The van der Waals surface area contributed by atoms with Crippen molar-refractivity contribution in [3.8, 4) is 0 Å². The molecule has 4 rings (SSSR count). The fourth-order valence-corrected chi connectivity index (χ4v) is 3.86. The van der Waals surface area contributed by atoms with Crippen molar-refractivity contribution in [2.75, 3.05) is 6.54 Å². The number of nitrogens with one attached hydrogen (secondary N) is 1. The highest BCUT2D eigenvalue weighted by atomic mass is 16.2. The number of hydrogen-bond donors (Lipinski definition) is 1. The number of fused-ring (bicyclic) bond motifs is 1. The minimum Gasteiger partial charge on any atom is -0.343 e. The summed E-state index contributed by atoms with van der Waals surface area (Å²) < 4.78 is 1.42. The Bertz CT molecular complexity index is 1080. The van der Waals surface area contributed by atoms with Crippen molar-refractivity contribution in [1.82, 2.24) is 19.5 Å². The number of aromatic amines is 1. The van der Waals surface area contributed by atoms with Crippen LogP contribution in [-0.2, 0) is 0 Å². The van der Waals surface area contributed by atoms with Crippen LogP contribution in [0.25, 0.3) is 5.65 Å². The highest BCUT2D eigenvalue weighted by Crippen LogP contribution is 2.32. The number of amides is 1. The maximum Gasteiger partial charge on any atom is 0.277 e. The molecule has 0 saturated carbocycles. The molecule has 1 saturated heterocycles. The Labute approximate surface area is 157 Å². The zero-order valence-electron chi connectivity index (χ0n) is 16.0. The summed E-state index contributed by atoms with van der Waals surface area (Å²) in [5, 5.41) is 4.57. The van der Waals surface area contributed by atoms with Crippen molar-refractivity contribution >= 4 is 11.6 Å². The average Bonchev–Trinajstić information content (AvgIpc) is 3.10. The summed E-state index contributed by atoms with van der Waals surface area (Å²) in [5.74, 6) is 0.0357. The van der Waals surface area contributed by atoms with Crippen LogP contribution in [0.4, 0.5) is 0 Å². The van der Waals surface area contributed by atoms with Crippen molar-refractivity contribution in [3.05, 3.63) is 68.8 Å². The third-order valence-electron chi connectivity index (χ3n) is 5.60. The molecular formula is C21H24N4O2. The number of aromatic nitrogens is 3. The second-order valence-electron chi connectivity index (χ2n) is 7.37. The maximum absolute atomic E-state index is 13.2. The summed E-state index contributed by atoms with van der Waals surface area (Å²) in [7, 11) is 0. The van der Waals surface area contributed by atoms with Crippen molar-refractivity contribution in [1.29, 1.82) is 0 Å². The molecule has 0 spiro atoms. The Morgan fingerprint density at radius 1 is 1.19 bits per heavy atom. The number of rotatable bonds is 2. The zero-order chi connectivity index (χ0) is 19.1. The van der Waals surface area contributed by atoms with Gasteiger partial charge in [0.2, 0.25) is 0 Å². The van der Waals surface area contributed by atoms with Crippen LogP contribution >= 0.6 is 0 Å². The highest BCUT2D eigenvalue weighted by Gasteiger charge is 2.31. The Balaban J connectivity index is 1.76. The first kappa shape index (κ1) is 17.5. The van der Waals surface area contributed by atoms with E-state index >= 15 is 0 Å². The minimum atomic E-state index is -0.112. The van der Waals surface area contributed by atoms with Gasteiger partial charge in [0.05, 0.1) is 11.7 Å². The molecule has 1 aromatic carbocycles. The highest BCUT2D eigenvalue weighted by molar-refractivity contribution is 5.96. The zero-order valence-corrected chi connectivity index (χ0v) is 16.0. The van der Waals surface area contributed by atoms with E-state index in [4.69, 9.17) is 0 Å². The molecular weight excluding hydrogens is 340 g/mol. The van der Waals surface area contributed by atoms with Crippen LogP contribution in [0.3, 0.4) is 0 Å². The fourth-order valence-electron chi connectivity index (χ4n) is 3.86. The molecule has 1 fully saturated rings. The van der Waals surface area contributed by atoms with Crippen molar-refractivity contribution < 1.29 is 4.79 Å². The van der Waals surface area contributed by atoms with Crippen molar-refractivity contribution in [3.63, 3.8) is 0 Å². The van der Waals surface area contributed by atoms with Crippen LogP contribution in [0, 0.1) is 20.8 Å². The molecule has 1 N–H and O–H groups in total. The quantitative estimate of drug-likeness (QED) is 0.758. The predicted octanol–water partition coefficient (Wildman–Crippen LogP) is 3.32. The molecule has 140 valence electrons. The van der Waals surface area contributed by atoms with Gasteiger partial charge in [0, 0.05) is 29.4 Å². The monoisotopic (exact) mass is 364 g/mol. The van der Waals surface area contributed by atoms with Gasteiger partial charge in [-0.2, -0.15) is 9.61 Å². The number of carbonyl (C=O) groups excluding carboxylic acids is 1. The van der Waals surface area contributed by atoms with Gasteiger partial charge in [-0.25, -0.2) is 0 Å². The van der Waals surface area contributed by atoms with Gasteiger partial charge in [0.15, 0.2) is 0 Å². The topological polar surface area (TPSA) is 70.5 Å². The number of nitrogens with zero attached hydrogens (tertiary/aromatic N) is 3. The number of likely N-dealkylation sites (tertiary alicyclic amines) is 1. The van der Waals surface area contributed by atoms with Gasteiger partial charge in [-0.05, 0) is 51.7 Å². The Hall–Kier alpha value is -2.89. The predicted molar refractivity (Wildman–Crippen MR) is 104 cm³/mol. The van der Waals surface area contributed by atoms with E-state index in [0.29, 0.717) is 17.8 Å². The molecule has 0 aliphatic carbocycles. The van der Waals surface area contributed by atoms with E-state index in [1.165, 1.54) is 4.52 Å². The molecule has 0 unspecified atom stereocenters. The molecule has 1 amide bonds. The van der Waals surface area contributed by atoms with Crippen molar-refractivity contribution in [2.45, 2.75) is 46.1 Å². The van der Waals surface area contributed by atoms with E-state index in [9.17, 15) is 9.59 Å². The molecule has 3 heterocycles. The molecule has 0 radical (unpaired) electrons. The van der Waals surface area contributed by atoms with Gasteiger partial charge in [-0.3, -0.25) is 9.59 Å². The first-order chi connectivity index (χ1) is 13.0. The van der Waals surface area contributed by atoms with Gasteiger partial charge in [-0.15, -0.1) is 0 Å². The molecule has 1 atom stereocenters. The molecule has 6 nitrogen and oxygen atoms in total. The molecule has 2 aromatic heterocycles. The van der Waals surface area contributed by atoms with Gasteiger partial charge in [0.1, 0.15) is 5.65 Å². The number of hydrogen-bond acceptors (Lipinski definition) is 3. The average molecular weight is 364 g/mol. The first-order valence-corrected chi connectivity index (χ1v) is 9.43. The third-order valence-corrected chi connectivity index (χ3v) is 5.60.